The first-order valence-corrected chi connectivity index (χ1v) is 7.30. The fraction of sp³-hybridized carbons (Fsp3) is 0.615. The molecule has 0 aromatic carbocycles. The lowest BCUT2D eigenvalue weighted by Gasteiger charge is -2.36. The van der Waals surface area contributed by atoms with Gasteiger partial charge in [-0.1, -0.05) is 0 Å². The van der Waals surface area contributed by atoms with Gasteiger partial charge in [0.15, 0.2) is 0 Å². The Morgan fingerprint density at radius 3 is 3.11 bits per heavy atom. The zero-order valence-corrected chi connectivity index (χ0v) is 11.9. The van der Waals surface area contributed by atoms with E-state index in [9.17, 15) is 4.79 Å². The first-order chi connectivity index (χ1) is 8.68. The molecule has 1 atom stereocenters. The molecule has 5 heteroatoms. The summed E-state index contributed by atoms with van der Waals surface area (Å²) in [6.07, 6.45) is 1.03. The number of piperazine rings is 1. The van der Waals surface area contributed by atoms with Gasteiger partial charge < -0.3 is 10.2 Å². The van der Waals surface area contributed by atoms with E-state index in [1.165, 1.54) is 5.56 Å². The monoisotopic (exact) mass is 267 g/mol. The summed E-state index contributed by atoms with van der Waals surface area (Å²) >= 11 is 1.73. The standard InChI is InChI=1S/C13H21N3OS/c1-15(2)13(17)12-9-14-5-7-16(12)6-3-11-4-8-18-10-11/h4,8,10,12,14H,3,5-7,9H2,1-2H3. The van der Waals surface area contributed by atoms with Gasteiger partial charge in [-0.05, 0) is 28.8 Å². The third-order valence-corrected chi connectivity index (χ3v) is 4.08. The summed E-state index contributed by atoms with van der Waals surface area (Å²) < 4.78 is 0. The van der Waals surface area contributed by atoms with Crippen molar-refractivity contribution >= 4 is 17.2 Å². The van der Waals surface area contributed by atoms with E-state index in [1.807, 2.05) is 14.1 Å². The molecule has 1 aliphatic heterocycles. The summed E-state index contributed by atoms with van der Waals surface area (Å²) in [5.41, 5.74) is 1.37. The molecule has 4 nitrogen and oxygen atoms in total. The molecule has 0 saturated carbocycles. The van der Waals surface area contributed by atoms with Gasteiger partial charge in [-0.25, -0.2) is 0 Å². The highest BCUT2D eigenvalue weighted by Gasteiger charge is 2.29. The van der Waals surface area contributed by atoms with Crippen molar-refractivity contribution in [3.63, 3.8) is 0 Å². The molecule has 1 fully saturated rings. The lowest BCUT2D eigenvalue weighted by atomic mass is 10.1. The molecule has 1 aromatic rings. The molecule has 1 N–H and O–H groups in total. The van der Waals surface area contributed by atoms with Crippen LogP contribution in [0.4, 0.5) is 0 Å². The van der Waals surface area contributed by atoms with Gasteiger partial charge in [0, 0.05) is 40.3 Å². The molecule has 2 heterocycles. The van der Waals surface area contributed by atoms with Crippen LogP contribution in [-0.2, 0) is 11.2 Å². The van der Waals surface area contributed by atoms with Gasteiger partial charge in [0.2, 0.25) is 5.91 Å². The minimum atomic E-state index is -0.00705. The van der Waals surface area contributed by atoms with Crippen LogP contribution in [-0.4, -0.2) is 62.0 Å². The zero-order valence-electron chi connectivity index (χ0n) is 11.1. The van der Waals surface area contributed by atoms with Crippen molar-refractivity contribution in [2.24, 2.45) is 0 Å². The van der Waals surface area contributed by atoms with Crippen molar-refractivity contribution in [1.29, 1.82) is 0 Å². The Labute approximate surface area is 113 Å². The van der Waals surface area contributed by atoms with Crippen LogP contribution in [0.3, 0.4) is 0 Å². The predicted molar refractivity (Wildman–Crippen MR) is 74.9 cm³/mol. The third-order valence-electron chi connectivity index (χ3n) is 3.35. The zero-order chi connectivity index (χ0) is 13.0. The second-order valence-electron chi connectivity index (χ2n) is 4.87. The highest BCUT2D eigenvalue weighted by Crippen LogP contribution is 2.11. The summed E-state index contributed by atoms with van der Waals surface area (Å²) in [5.74, 6) is 0.201. The number of hydrogen-bond acceptors (Lipinski definition) is 4. The highest BCUT2D eigenvalue weighted by molar-refractivity contribution is 7.07. The Balaban J connectivity index is 1.93. The highest BCUT2D eigenvalue weighted by atomic mass is 32.1. The number of amides is 1. The number of hydrogen-bond donors (Lipinski definition) is 1. The SMILES string of the molecule is CN(C)C(=O)C1CNCCN1CCc1ccsc1. The second kappa shape index (κ2) is 6.31. The number of carbonyl (C=O) groups excluding carboxylic acids is 1. The Morgan fingerprint density at radius 2 is 2.44 bits per heavy atom. The molecule has 1 aliphatic rings. The minimum Gasteiger partial charge on any atom is -0.347 e. The molecular formula is C13H21N3OS. The lowest BCUT2D eigenvalue weighted by Crippen LogP contribution is -2.57. The van der Waals surface area contributed by atoms with Gasteiger partial charge in [0.25, 0.3) is 0 Å². The van der Waals surface area contributed by atoms with Crippen LogP contribution < -0.4 is 5.32 Å². The fourth-order valence-electron chi connectivity index (χ4n) is 2.26. The largest absolute Gasteiger partial charge is 0.347 e. The molecular weight excluding hydrogens is 246 g/mol. The number of rotatable bonds is 4. The third kappa shape index (κ3) is 3.31. The van der Waals surface area contributed by atoms with Crippen LogP contribution >= 0.6 is 11.3 Å². The summed E-state index contributed by atoms with van der Waals surface area (Å²) in [4.78, 5) is 16.1. The van der Waals surface area contributed by atoms with Crippen molar-refractivity contribution in [2.75, 3.05) is 40.3 Å². The minimum absolute atomic E-state index is 0.00705. The van der Waals surface area contributed by atoms with E-state index in [-0.39, 0.29) is 11.9 Å². The van der Waals surface area contributed by atoms with Crippen LogP contribution in [0.1, 0.15) is 5.56 Å². The molecule has 0 aliphatic carbocycles. The van der Waals surface area contributed by atoms with E-state index in [4.69, 9.17) is 0 Å². The van der Waals surface area contributed by atoms with Gasteiger partial charge in [-0.15, -0.1) is 0 Å². The number of nitrogens with zero attached hydrogens (tertiary/aromatic N) is 2. The van der Waals surface area contributed by atoms with Crippen molar-refractivity contribution in [2.45, 2.75) is 12.5 Å². The average Bonchev–Trinajstić information content (AvgIpc) is 2.89. The van der Waals surface area contributed by atoms with E-state index in [1.54, 1.807) is 16.2 Å². The summed E-state index contributed by atoms with van der Waals surface area (Å²) in [6, 6.07) is 2.16. The lowest BCUT2D eigenvalue weighted by molar-refractivity contribution is -0.135. The normalized spacial score (nSPS) is 20.9. The smallest absolute Gasteiger partial charge is 0.240 e. The average molecular weight is 267 g/mol. The van der Waals surface area contributed by atoms with E-state index >= 15 is 0 Å². The van der Waals surface area contributed by atoms with Gasteiger partial charge in [-0.3, -0.25) is 9.69 Å². The molecule has 1 unspecified atom stereocenters. The number of likely N-dealkylation sites (N-methyl/N-ethyl adjacent to an activating group) is 1. The second-order valence-corrected chi connectivity index (χ2v) is 5.65. The van der Waals surface area contributed by atoms with Gasteiger partial charge in [0.05, 0.1) is 0 Å². The Bertz CT molecular complexity index is 378. The summed E-state index contributed by atoms with van der Waals surface area (Å²) in [6.45, 7) is 3.65. The van der Waals surface area contributed by atoms with E-state index in [2.05, 4.69) is 27.0 Å². The van der Waals surface area contributed by atoms with Crippen LogP contribution in [0.5, 0.6) is 0 Å². The van der Waals surface area contributed by atoms with E-state index in [0.717, 1.165) is 32.6 Å². The maximum absolute atomic E-state index is 12.1. The maximum atomic E-state index is 12.1. The number of nitrogens with one attached hydrogen (secondary N) is 1. The van der Waals surface area contributed by atoms with Crippen LogP contribution in [0.2, 0.25) is 0 Å². The van der Waals surface area contributed by atoms with Crippen molar-refractivity contribution in [3.8, 4) is 0 Å². The topological polar surface area (TPSA) is 35.6 Å². The Hall–Kier alpha value is -0.910. The molecule has 18 heavy (non-hydrogen) atoms. The molecule has 2 rings (SSSR count). The van der Waals surface area contributed by atoms with Gasteiger partial charge in [0.1, 0.15) is 6.04 Å². The van der Waals surface area contributed by atoms with Crippen molar-refractivity contribution in [1.82, 2.24) is 15.1 Å². The van der Waals surface area contributed by atoms with Gasteiger partial charge in [-0.2, -0.15) is 11.3 Å². The number of carbonyl (C=O) groups is 1. The van der Waals surface area contributed by atoms with E-state index in [0.29, 0.717) is 0 Å². The quantitative estimate of drug-likeness (QED) is 0.870. The molecule has 1 saturated heterocycles. The van der Waals surface area contributed by atoms with Crippen molar-refractivity contribution < 1.29 is 4.79 Å². The first kappa shape index (κ1) is 13.5. The van der Waals surface area contributed by atoms with E-state index < -0.39 is 0 Å². The number of thiophene rings is 1. The molecule has 100 valence electrons. The fourth-order valence-corrected chi connectivity index (χ4v) is 2.97. The van der Waals surface area contributed by atoms with Crippen LogP contribution in [0.25, 0.3) is 0 Å². The summed E-state index contributed by atoms with van der Waals surface area (Å²) in [5, 5.41) is 7.60. The van der Waals surface area contributed by atoms with Gasteiger partial charge >= 0.3 is 0 Å². The molecule has 1 aromatic heterocycles. The molecule has 0 bridgehead atoms. The van der Waals surface area contributed by atoms with Crippen molar-refractivity contribution in [3.05, 3.63) is 22.4 Å². The molecule has 0 radical (unpaired) electrons. The first-order valence-electron chi connectivity index (χ1n) is 6.35. The molecule has 1 amide bonds. The maximum Gasteiger partial charge on any atom is 0.240 e. The van der Waals surface area contributed by atoms with Crippen LogP contribution in [0.15, 0.2) is 16.8 Å². The Morgan fingerprint density at radius 1 is 1.61 bits per heavy atom. The van der Waals surface area contributed by atoms with Crippen LogP contribution in [0, 0.1) is 0 Å². The molecule has 0 spiro atoms. The summed E-state index contributed by atoms with van der Waals surface area (Å²) in [7, 11) is 3.65. The predicted octanol–water partition coefficient (Wildman–Crippen LogP) is 0.653. The Kier molecular flexibility index (Phi) is 4.74.